The maximum atomic E-state index is 12.6. The van der Waals surface area contributed by atoms with E-state index in [4.69, 9.17) is 14.2 Å². The highest BCUT2D eigenvalue weighted by molar-refractivity contribution is 8.15. The van der Waals surface area contributed by atoms with E-state index in [9.17, 15) is 9.59 Å². The van der Waals surface area contributed by atoms with Crippen molar-refractivity contribution in [2.24, 2.45) is 0 Å². The molecule has 7 heteroatoms. The van der Waals surface area contributed by atoms with Crippen LogP contribution in [-0.2, 0) is 11.2 Å². The summed E-state index contributed by atoms with van der Waals surface area (Å²) in [6, 6.07) is 13.3. The first-order valence-corrected chi connectivity index (χ1v) is 9.58. The SMILES string of the molecule is Cc1ccc(OCCN2C(=O)S[C@@H](Cc3ccc4c(c3)OCO4)C2=O)cc1. The van der Waals surface area contributed by atoms with Gasteiger partial charge < -0.3 is 14.2 Å². The van der Waals surface area contributed by atoms with E-state index >= 15 is 0 Å². The maximum absolute atomic E-state index is 12.6. The number of amides is 2. The largest absolute Gasteiger partial charge is 0.492 e. The second kappa shape index (κ2) is 7.52. The van der Waals surface area contributed by atoms with Gasteiger partial charge in [-0.3, -0.25) is 14.5 Å². The third-order valence-corrected chi connectivity index (χ3v) is 5.54. The highest BCUT2D eigenvalue weighted by atomic mass is 32.2. The topological polar surface area (TPSA) is 65.1 Å². The highest BCUT2D eigenvalue weighted by Crippen LogP contribution is 2.35. The molecule has 2 amide bonds. The van der Waals surface area contributed by atoms with Gasteiger partial charge in [-0.05, 0) is 43.2 Å². The lowest BCUT2D eigenvalue weighted by molar-refractivity contribution is -0.126. The average molecular weight is 385 g/mol. The molecule has 0 radical (unpaired) electrons. The van der Waals surface area contributed by atoms with Crippen LogP contribution >= 0.6 is 11.8 Å². The van der Waals surface area contributed by atoms with E-state index in [1.165, 1.54) is 4.90 Å². The number of nitrogens with zero attached hydrogens (tertiary/aromatic N) is 1. The predicted molar refractivity (Wildman–Crippen MR) is 101 cm³/mol. The molecule has 6 nitrogen and oxygen atoms in total. The molecule has 2 aliphatic heterocycles. The van der Waals surface area contributed by atoms with Gasteiger partial charge in [0.25, 0.3) is 5.24 Å². The molecule has 1 fully saturated rings. The summed E-state index contributed by atoms with van der Waals surface area (Å²) >= 11 is 1.07. The number of fused-ring (bicyclic) bond motifs is 1. The van der Waals surface area contributed by atoms with Crippen molar-refractivity contribution in [3.05, 3.63) is 53.6 Å². The summed E-state index contributed by atoms with van der Waals surface area (Å²) in [6.45, 7) is 2.74. The zero-order valence-electron chi connectivity index (χ0n) is 14.8. The molecule has 0 unspecified atom stereocenters. The van der Waals surface area contributed by atoms with Gasteiger partial charge in [0.15, 0.2) is 11.5 Å². The molecular formula is C20H19NO5S. The molecule has 0 bridgehead atoms. The summed E-state index contributed by atoms with van der Waals surface area (Å²) in [5.74, 6) is 1.94. The van der Waals surface area contributed by atoms with Crippen LogP contribution in [0.1, 0.15) is 11.1 Å². The molecule has 2 aromatic rings. The summed E-state index contributed by atoms with van der Waals surface area (Å²) in [5, 5.41) is -0.643. The number of carbonyl (C=O) groups is 2. The fourth-order valence-corrected chi connectivity index (χ4v) is 4.06. The molecule has 4 rings (SSSR count). The molecule has 0 N–H and O–H groups in total. The van der Waals surface area contributed by atoms with Gasteiger partial charge in [-0.25, -0.2) is 0 Å². The normalized spacial score (nSPS) is 18.3. The number of benzene rings is 2. The summed E-state index contributed by atoms with van der Waals surface area (Å²) in [7, 11) is 0. The molecule has 0 saturated carbocycles. The van der Waals surface area contributed by atoms with Crippen LogP contribution in [0.25, 0.3) is 0 Å². The summed E-state index contributed by atoms with van der Waals surface area (Å²) in [6.07, 6.45) is 0.473. The number of rotatable bonds is 6. The number of carbonyl (C=O) groups excluding carboxylic acids is 2. The Kier molecular flexibility index (Phi) is 4.94. The molecule has 0 spiro atoms. The Morgan fingerprint density at radius 1 is 1.11 bits per heavy atom. The average Bonchev–Trinajstić information content (AvgIpc) is 3.22. The first kappa shape index (κ1) is 17.7. The zero-order chi connectivity index (χ0) is 18.8. The van der Waals surface area contributed by atoms with Crippen LogP contribution < -0.4 is 14.2 Å². The number of hydrogen-bond donors (Lipinski definition) is 0. The molecular weight excluding hydrogens is 366 g/mol. The molecule has 27 heavy (non-hydrogen) atoms. The van der Waals surface area contributed by atoms with E-state index in [-0.39, 0.29) is 31.1 Å². The molecule has 1 saturated heterocycles. The van der Waals surface area contributed by atoms with Crippen molar-refractivity contribution in [3.63, 3.8) is 0 Å². The number of thioether (sulfide) groups is 1. The van der Waals surface area contributed by atoms with Gasteiger partial charge in [-0.15, -0.1) is 0 Å². The van der Waals surface area contributed by atoms with Crippen LogP contribution in [-0.4, -0.2) is 41.2 Å². The van der Waals surface area contributed by atoms with Crippen molar-refractivity contribution in [1.82, 2.24) is 4.90 Å². The van der Waals surface area contributed by atoms with Crippen LogP contribution in [0.4, 0.5) is 4.79 Å². The lowest BCUT2D eigenvalue weighted by atomic mass is 10.1. The van der Waals surface area contributed by atoms with E-state index in [0.717, 1.165) is 28.6 Å². The molecule has 2 aromatic carbocycles. The summed E-state index contributed by atoms with van der Waals surface area (Å²) < 4.78 is 16.3. The Hall–Kier alpha value is -2.67. The van der Waals surface area contributed by atoms with Gasteiger partial charge in [-0.2, -0.15) is 0 Å². The smallest absolute Gasteiger partial charge is 0.289 e. The van der Waals surface area contributed by atoms with Crippen molar-refractivity contribution in [1.29, 1.82) is 0 Å². The molecule has 1 atom stereocenters. The second-order valence-electron chi connectivity index (χ2n) is 6.42. The minimum Gasteiger partial charge on any atom is -0.492 e. The van der Waals surface area contributed by atoms with E-state index < -0.39 is 5.25 Å². The van der Waals surface area contributed by atoms with Gasteiger partial charge in [0.05, 0.1) is 11.8 Å². The van der Waals surface area contributed by atoms with E-state index in [1.807, 2.05) is 49.4 Å². The Morgan fingerprint density at radius 3 is 2.70 bits per heavy atom. The number of imide groups is 1. The van der Waals surface area contributed by atoms with E-state index in [2.05, 4.69) is 0 Å². The number of ether oxygens (including phenoxy) is 3. The van der Waals surface area contributed by atoms with Gasteiger partial charge >= 0.3 is 0 Å². The van der Waals surface area contributed by atoms with Crippen LogP contribution in [0.5, 0.6) is 17.2 Å². The van der Waals surface area contributed by atoms with Gasteiger partial charge in [0, 0.05) is 0 Å². The van der Waals surface area contributed by atoms with Crippen molar-refractivity contribution >= 4 is 22.9 Å². The molecule has 2 aliphatic rings. The zero-order valence-corrected chi connectivity index (χ0v) is 15.7. The fraction of sp³-hybridized carbons (Fsp3) is 0.300. The first-order valence-electron chi connectivity index (χ1n) is 8.70. The van der Waals surface area contributed by atoms with Crippen LogP contribution in [0.2, 0.25) is 0 Å². The Morgan fingerprint density at radius 2 is 1.89 bits per heavy atom. The lowest BCUT2D eigenvalue weighted by Gasteiger charge is -2.14. The van der Waals surface area contributed by atoms with E-state index in [0.29, 0.717) is 17.9 Å². The predicted octanol–water partition coefficient (Wildman–Crippen LogP) is 3.41. The minimum absolute atomic E-state index is 0.171. The summed E-state index contributed by atoms with van der Waals surface area (Å²) in [5.41, 5.74) is 2.09. The minimum atomic E-state index is -0.419. The highest BCUT2D eigenvalue weighted by Gasteiger charge is 2.39. The Labute approximate surface area is 161 Å². The molecule has 2 heterocycles. The van der Waals surface area contributed by atoms with Crippen molar-refractivity contribution < 1.29 is 23.8 Å². The maximum Gasteiger partial charge on any atom is 0.289 e. The monoisotopic (exact) mass is 385 g/mol. The molecule has 140 valence electrons. The number of aryl methyl sites for hydroxylation is 1. The molecule has 0 aromatic heterocycles. The van der Waals surface area contributed by atoms with Gasteiger partial charge in [0.2, 0.25) is 12.7 Å². The standard InChI is InChI=1S/C20H19NO5S/c1-13-2-5-15(6-3-13)24-9-8-21-19(22)18(27-20(21)23)11-14-4-7-16-17(10-14)26-12-25-16/h2-7,10,18H,8-9,11-12H2,1H3/t18-/m0/s1. The Balaban J connectivity index is 1.33. The third-order valence-electron chi connectivity index (χ3n) is 4.47. The second-order valence-corrected chi connectivity index (χ2v) is 7.57. The fourth-order valence-electron chi connectivity index (χ4n) is 3.00. The number of hydrogen-bond acceptors (Lipinski definition) is 6. The first-order chi connectivity index (χ1) is 13.1. The van der Waals surface area contributed by atoms with Crippen LogP contribution in [0.3, 0.4) is 0 Å². The summed E-state index contributed by atoms with van der Waals surface area (Å²) in [4.78, 5) is 26.1. The van der Waals surface area contributed by atoms with Gasteiger partial charge in [0.1, 0.15) is 12.4 Å². The van der Waals surface area contributed by atoms with Crippen LogP contribution in [0, 0.1) is 6.92 Å². The van der Waals surface area contributed by atoms with Crippen molar-refractivity contribution in [2.75, 3.05) is 19.9 Å². The van der Waals surface area contributed by atoms with Crippen LogP contribution in [0.15, 0.2) is 42.5 Å². The lowest BCUT2D eigenvalue weighted by Crippen LogP contribution is -2.35. The van der Waals surface area contributed by atoms with Crippen molar-refractivity contribution in [3.8, 4) is 17.2 Å². The quantitative estimate of drug-likeness (QED) is 0.759. The van der Waals surface area contributed by atoms with E-state index in [1.54, 1.807) is 0 Å². The van der Waals surface area contributed by atoms with Gasteiger partial charge in [-0.1, -0.05) is 35.5 Å². The van der Waals surface area contributed by atoms with Crippen molar-refractivity contribution in [2.45, 2.75) is 18.6 Å². The Bertz CT molecular complexity index is 867. The third kappa shape index (κ3) is 3.88. The molecule has 0 aliphatic carbocycles.